The summed E-state index contributed by atoms with van der Waals surface area (Å²) in [4.78, 5) is 41.2. The van der Waals surface area contributed by atoms with Crippen LogP contribution in [0.2, 0.25) is 0 Å². The third-order valence-electron chi connectivity index (χ3n) is 7.48. The number of hydrogen-bond donors (Lipinski definition) is 0. The van der Waals surface area contributed by atoms with E-state index in [1.165, 1.54) is 11.3 Å². The van der Waals surface area contributed by atoms with Crippen molar-refractivity contribution in [2.24, 2.45) is 0 Å². The lowest BCUT2D eigenvalue weighted by molar-refractivity contribution is -0.119. The Morgan fingerprint density at radius 1 is 0.750 bits per heavy atom. The molecule has 5 heterocycles. The Hall–Kier alpha value is -5.65. The zero-order valence-electron chi connectivity index (χ0n) is 25.7. The van der Waals surface area contributed by atoms with E-state index in [2.05, 4.69) is 4.98 Å². The number of para-hydroxylation sites is 2. The zero-order chi connectivity index (χ0) is 33.2. The fraction of sp³-hybridized carbons (Fsp3) is 0.0811. The number of thioether (sulfide) groups is 1. The molecule has 3 aromatic carbocycles. The highest BCUT2D eigenvalue weighted by Crippen LogP contribution is 2.34. The van der Waals surface area contributed by atoms with Gasteiger partial charge in [-0.25, -0.2) is 9.38 Å². The number of methoxy groups -OCH3 is 2. The molecule has 1 aliphatic rings. The van der Waals surface area contributed by atoms with E-state index in [0.717, 1.165) is 39.7 Å². The molecule has 238 valence electrons. The summed E-state index contributed by atoms with van der Waals surface area (Å²) in [6, 6.07) is 30.3. The maximum atomic E-state index is 12.9. The number of furan rings is 2. The number of allylic oxidation sites excluding steroid dienone is 1. The molecule has 0 radical (unpaired) electrons. The van der Waals surface area contributed by atoms with Gasteiger partial charge in [0, 0.05) is 17.2 Å². The summed E-state index contributed by atoms with van der Waals surface area (Å²) < 4.78 is 24.5. The van der Waals surface area contributed by atoms with Crippen LogP contribution < -0.4 is 19.6 Å². The van der Waals surface area contributed by atoms with Crippen molar-refractivity contribution in [3.05, 3.63) is 128 Å². The first-order valence-electron chi connectivity index (χ1n) is 14.7. The fourth-order valence-corrected chi connectivity index (χ4v) is 6.95. The Labute approximate surface area is 281 Å². The molecule has 48 heavy (non-hydrogen) atoms. The topological polar surface area (TPSA) is 113 Å². The van der Waals surface area contributed by atoms with Crippen LogP contribution in [0.3, 0.4) is 0 Å². The largest absolute Gasteiger partial charge is 0.493 e. The molecule has 0 N–H and O–H groups in total. The first-order chi connectivity index (χ1) is 23.4. The smallest absolute Gasteiger partial charge is 0.275 e. The van der Waals surface area contributed by atoms with Gasteiger partial charge in [0.1, 0.15) is 27.6 Å². The molecule has 0 aliphatic carbocycles. The number of imidazole rings is 1. The van der Waals surface area contributed by atoms with E-state index in [-0.39, 0.29) is 22.9 Å². The van der Waals surface area contributed by atoms with Gasteiger partial charge >= 0.3 is 0 Å². The molecule has 1 aliphatic heterocycles. The highest BCUT2D eigenvalue weighted by atomic mass is 32.2. The first kappa shape index (κ1) is 31.0. The highest BCUT2D eigenvalue weighted by Gasteiger charge is 2.26. The van der Waals surface area contributed by atoms with Crippen molar-refractivity contribution in [1.29, 1.82) is 0 Å². The highest BCUT2D eigenvalue weighted by molar-refractivity contribution is 8.18. The van der Waals surface area contributed by atoms with Crippen molar-refractivity contribution in [2.75, 3.05) is 14.2 Å². The van der Waals surface area contributed by atoms with Gasteiger partial charge in [-0.2, -0.15) is 0 Å². The van der Waals surface area contributed by atoms with Gasteiger partial charge in [-0.05, 0) is 72.4 Å². The average molecular weight is 675 g/mol. The van der Waals surface area contributed by atoms with E-state index in [1.54, 1.807) is 36.8 Å². The molecule has 11 heteroatoms. The van der Waals surface area contributed by atoms with E-state index in [0.29, 0.717) is 43.2 Å². The number of nitrogens with zero attached hydrogens (tertiary/aromatic N) is 2. The number of rotatable bonds is 6. The maximum Gasteiger partial charge on any atom is 0.275 e. The number of fused-ring (bicyclic) bond motifs is 3. The standard InChI is InChI=1S/C22H16N2O4S.C15H10O3S/c1-26-18-9-7-13(11-19(18)27-2)17-10-8-14(28-17)12-20-21(25)24-16-6-4-3-5-15(16)23-22(24)29-20;16-12-9-15(17)19-14(12)8-11-6-7-13(18-11)10-4-2-1-3-5-10/h3-12H,1-2H3;1-8H,9H2. The second-order valence-corrected chi connectivity index (χ2v) is 12.7. The molecule has 1 saturated heterocycles. The van der Waals surface area contributed by atoms with Gasteiger partial charge in [0.05, 0.1) is 36.6 Å². The van der Waals surface area contributed by atoms with Crippen LogP contribution in [0.25, 0.3) is 50.8 Å². The monoisotopic (exact) mass is 674 g/mol. The number of benzene rings is 3. The minimum atomic E-state index is -0.132. The van der Waals surface area contributed by atoms with Crippen LogP contribution in [-0.2, 0) is 9.59 Å². The molecule has 9 nitrogen and oxygen atoms in total. The van der Waals surface area contributed by atoms with E-state index < -0.39 is 0 Å². The van der Waals surface area contributed by atoms with Crippen molar-refractivity contribution in [1.82, 2.24) is 9.38 Å². The minimum absolute atomic E-state index is 0.0112. The third-order valence-corrected chi connectivity index (χ3v) is 9.38. The van der Waals surface area contributed by atoms with Gasteiger partial charge < -0.3 is 18.3 Å². The summed E-state index contributed by atoms with van der Waals surface area (Å²) in [5, 5.41) is -0.105. The van der Waals surface area contributed by atoms with Gasteiger partial charge in [0.25, 0.3) is 5.56 Å². The van der Waals surface area contributed by atoms with Gasteiger partial charge in [0.15, 0.2) is 22.2 Å². The molecule has 0 spiro atoms. The fourth-order valence-electron chi connectivity index (χ4n) is 5.18. The van der Waals surface area contributed by atoms with Crippen LogP contribution in [0, 0.1) is 0 Å². The van der Waals surface area contributed by atoms with Gasteiger partial charge in [0.2, 0.25) is 5.12 Å². The summed E-state index contributed by atoms with van der Waals surface area (Å²) in [5.74, 6) is 3.75. The Morgan fingerprint density at radius 3 is 2.15 bits per heavy atom. The van der Waals surface area contributed by atoms with Crippen molar-refractivity contribution < 1.29 is 27.9 Å². The summed E-state index contributed by atoms with van der Waals surface area (Å²) in [5.41, 5.74) is 3.37. The summed E-state index contributed by atoms with van der Waals surface area (Å²) in [7, 11) is 3.19. The predicted molar refractivity (Wildman–Crippen MR) is 187 cm³/mol. The molecule has 0 amide bonds. The number of hydrogen-bond acceptors (Lipinski definition) is 10. The normalized spacial score (nSPS) is 14.2. The summed E-state index contributed by atoms with van der Waals surface area (Å²) in [6.07, 6.45) is 3.37. The van der Waals surface area contributed by atoms with E-state index >= 15 is 0 Å². The Morgan fingerprint density at radius 2 is 1.44 bits per heavy atom. The molecule has 1 fully saturated rings. The van der Waals surface area contributed by atoms with Crippen molar-refractivity contribution in [3.63, 3.8) is 0 Å². The second kappa shape index (κ2) is 13.2. The predicted octanol–water partition coefficient (Wildman–Crippen LogP) is 7.25. The lowest BCUT2D eigenvalue weighted by atomic mass is 10.1. The van der Waals surface area contributed by atoms with Crippen LogP contribution in [0.1, 0.15) is 17.9 Å². The lowest BCUT2D eigenvalue weighted by Crippen LogP contribution is -2.22. The molecular formula is C37H26N2O7S2. The minimum Gasteiger partial charge on any atom is -0.493 e. The quantitative estimate of drug-likeness (QED) is 0.133. The van der Waals surface area contributed by atoms with Crippen LogP contribution >= 0.6 is 23.1 Å². The zero-order valence-corrected chi connectivity index (χ0v) is 27.3. The summed E-state index contributed by atoms with van der Waals surface area (Å²) >= 11 is 2.33. The van der Waals surface area contributed by atoms with Crippen molar-refractivity contribution >= 4 is 62.1 Å². The summed E-state index contributed by atoms with van der Waals surface area (Å²) in [6.45, 7) is 0. The Bertz CT molecular complexity index is 2450. The molecule has 7 aromatic rings. The second-order valence-electron chi connectivity index (χ2n) is 10.6. The number of Topliss-reactive ketones (excluding diaryl/α,β-unsaturated/α-hetero) is 1. The maximum absolute atomic E-state index is 12.9. The number of ketones is 1. The van der Waals surface area contributed by atoms with Gasteiger partial charge in [-0.15, -0.1) is 0 Å². The molecule has 4 aromatic heterocycles. The average Bonchev–Trinajstić information content (AvgIpc) is 3.94. The molecule has 0 bridgehead atoms. The number of carbonyl (C=O) groups excluding carboxylic acids is 2. The molecular weight excluding hydrogens is 649 g/mol. The van der Waals surface area contributed by atoms with Crippen LogP contribution in [0.15, 0.2) is 116 Å². The molecule has 0 saturated carbocycles. The van der Waals surface area contributed by atoms with E-state index in [4.69, 9.17) is 18.3 Å². The first-order valence-corrected chi connectivity index (χ1v) is 16.4. The molecule has 0 unspecified atom stereocenters. The molecule has 0 atom stereocenters. The number of thiazole rings is 1. The van der Waals surface area contributed by atoms with Crippen molar-refractivity contribution in [2.45, 2.75) is 6.42 Å². The van der Waals surface area contributed by atoms with Crippen molar-refractivity contribution in [3.8, 4) is 34.1 Å². The van der Waals surface area contributed by atoms with E-state index in [9.17, 15) is 14.4 Å². The van der Waals surface area contributed by atoms with E-state index in [1.807, 2.05) is 91.0 Å². The number of ether oxygens (including phenoxy) is 2. The number of carbonyl (C=O) groups is 2. The van der Waals surface area contributed by atoms with Crippen LogP contribution in [-0.4, -0.2) is 34.5 Å². The van der Waals surface area contributed by atoms with Gasteiger partial charge in [-0.3, -0.25) is 14.4 Å². The lowest BCUT2D eigenvalue weighted by Gasteiger charge is -2.08. The van der Waals surface area contributed by atoms with Crippen LogP contribution in [0.4, 0.5) is 0 Å². The SMILES string of the molecule is COc1ccc(-c2ccc(C=c3sc4nc5ccccc5n4c3=O)o2)cc1OC.O=C1CC(=O)C(=Cc2ccc(-c3ccccc3)o2)S1. The van der Waals surface area contributed by atoms with Crippen LogP contribution in [0.5, 0.6) is 11.5 Å². The number of aromatic nitrogens is 2. The van der Waals surface area contributed by atoms with Gasteiger partial charge in [-0.1, -0.05) is 53.8 Å². The molecule has 8 rings (SSSR count). The Balaban J connectivity index is 0.000000166. The third kappa shape index (κ3) is 6.20. The Kier molecular flexibility index (Phi) is 8.53.